The lowest BCUT2D eigenvalue weighted by Crippen LogP contribution is -2.60. The number of hydrogen-bond acceptors (Lipinski definition) is 10. The number of carbonyl (C=O) groups excluding carboxylic acids is 1. The summed E-state index contributed by atoms with van der Waals surface area (Å²) in [4.78, 5) is 39.5. The van der Waals surface area contributed by atoms with Gasteiger partial charge in [-0.1, -0.05) is 12.1 Å². The molecule has 1 aliphatic rings. The van der Waals surface area contributed by atoms with E-state index in [0.717, 1.165) is 31.3 Å². The van der Waals surface area contributed by atoms with Crippen LogP contribution >= 0.6 is 0 Å². The SMILES string of the molecule is CC(=O)O.CCN(C)c1ccc(S(=O)(=O)N2CCN(c3cnc4cnccc4n3)C[C@@H]2C(=O)NCc2ccc(OC(F)(F)F)cc2)cc1. The van der Waals surface area contributed by atoms with Crippen LogP contribution in [0.25, 0.3) is 11.0 Å². The van der Waals surface area contributed by atoms with E-state index in [-0.39, 0.29) is 31.1 Å². The van der Waals surface area contributed by atoms with E-state index in [0.29, 0.717) is 22.4 Å². The number of alkyl halides is 3. The van der Waals surface area contributed by atoms with Gasteiger partial charge in [-0.15, -0.1) is 13.2 Å². The summed E-state index contributed by atoms with van der Waals surface area (Å²) in [6, 6.07) is 12.1. The molecule has 2 aromatic heterocycles. The van der Waals surface area contributed by atoms with E-state index in [9.17, 15) is 26.4 Å². The molecular weight excluding hydrogens is 655 g/mol. The maximum atomic E-state index is 13.9. The average Bonchev–Trinajstić information content (AvgIpc) is 3.06. The third kappa shape index (κ3) is 9.28. The molecule has 1 amide bonds. The second kappa shape index (κ2) is 15.2. The number of fused-ring (bicyclic) bond motifs is 1. The minimum atomic E-state index is -4.82. The van der Waals surface area contributed by atoms with Crippen molar-refractivity contribution in [2.24, 2.45) is 0 Å². The third-order valence-corrected chi connectivity index (χ3v) is 9.19. The Labute approximate surface area is 275 Å². The lowest BCUT2D eigenvalue weighted by Gasteiger charge is -2.40. The smallest absolute Gasteiger partial charge is 0.481 e. The molecule has 3 heterocycles. The first-order valence-electron chi connectivity index (χ1n) is 14.6. The molecule has 4 aromatic rings. The number of nitrogens with zero attached hydrogens (tertiary/aromatic N) is 6. The van der Waals surface area contributed by atoms with Gasteiger partial charge in [0.05, 0.1) is 22.8 Å². The number of pyridine rings is 1. The summed E-state index contributed by atoms with van der Waals surface area (Å²) in [6.07, 6.45) is -0.0994. The van der Waals surface area contributed by atoms with Crippen LogP contribution in [0.3, 0.4) is 0 Å². The minimum Gasteiger partial charge on any atom is -0.481 e. The van der Waals surface area contributed by atoms with Crippen molar-refractivity contribution >= 4 is 44.4 Å². The highest BCUT2D eigenvalue weighted by Crippen LogP contribution is 2.27. The fraction of sp³-hybridized carbons (Fsp3) is 0.323. The number of halogens is 3. The Balaban J connectivity index is 0.00000123. The van der Waals surface area contributed by atoms with Crippen molar-refractivity contribution in [3.05, 3.63) is 78.8 Å². The van der Waals surface area contributed by atoms with E-state index in [1.807, 2.05) is 18.9 Å². The van der Waals surface area contributed by atoms with Gasteiger partial charge in [0.2, 0.25) is 15.9 Å². The predicted molar refractivity (Wildman–Crippen MR) is 171 cm³/mol. The van der Waals surface area contributed by atoms with Gasteiger partial charge in [-0.3, -0.25) is 14.6 Å². The first-order valence-corrected chi connectivity index (χ1v) is 16.1. The van der Waals surface area contributed by atoms with Gasteiger partial charge < -0.3 is 25.0 Å². The number of ether oxygens (including phenoxy) is 1. The number of carbonyl (C=O) groups is 2. The first-order chi connectivity index (χ1) is 22.7. The summed E-state index contributed by atoms with van der Waals surface area (Å²) in [5.41, 5.74) is 2.54. The van der Waals surface area contributed by atoms with Crippen molar-refractivity contribution in [3.63, 3.8) is 0 Å². The summed E-state index contributed by atoms with van der Waals surface area (Å²) in [5.74, 6) is -1.32. The van der Waals surface area contributed by atoms with Crippen molar-refractivity contribution in [1.29, 1.82) is 0 Å². The van der Waals surface area contributed by atoms with Gasteiger partial charge >= 0.3 is 6.36 Å². The summed E-state index contributed by atoms with van der Waals surface area (Å²) in [5, 5.41) is 10.2. The molecule has 5 rings (SSSR count). The molecule has 0 unspecified atom stereocenters. The van der Waals surface area contributed by atoms with E-state index in [4.69, 9.17) is 9.90 Å². The highest BCUT2D eigenvalue weighted by Gasteiger charge is 2.40. The molecule has 48 heavy (non-hydrogen) atoms. The molecule has 0 aliphatic carbocycles. The van der Waals surface area contributed by atoms with Gasteiger partial charge in [-0.25, -0.2) is 18.4 Å². The van der Waals surface area contributed by atoms with Crippen LogP contribution in [0.5, 0.6) is 5.75 Å². The fourth-order valence-corrected chi connectivity index (χ4v) is 6.36. The van der Waals surface area contributed by atoms with Gasteiger partial charge in [0.25, 0.3) is 5.97 Å². The molecule has 256 valence electrons. The fourth-order valence-electron chi connectivity index (χ4n) is 4.79. The maximum absolute atomic E-state index is 13.9. The number of aliphatic carboxylic acids is 1. The first kappa shape index (κ1) is 35.8. The lowest BCUT2D eigenvalue weighted by molar-refractivity contribution is -0.274. The molecule has 0 spiro atoms. The van der Waals surface area contributed by atoms with Crippen LogP contribution in [0.4, 0.5) is 24.7 Å². The molecule has 1 saturated heterocycles. The largest absolute Gasteiger partial charge is 0.573 e. The molecule has 0 saturated carbocycles. The van der Waals surface area contributed by atoms with Crippen molar-refractivity contribution in [2.45, 2.75) is 37.7 Å². The highest BCUT2D eigenvalue weighted by atomic mass is 32.2. The zero-order valence-corrected chi connectivity index (χ0v) is 27.1. The lowest BCUT2D eigenvalue weighted by atomic mass is 10.1. The molecular formula is C31H34F3N7O6S. The monoisotopic (exact) mass is 689 g/mol. The van der Waals surface area contributed by atoms with E-state index >= 15 is 0 Å². The number of sulfonamides is 1. The number of amides is 1. The van der Waals surface area contributed by atoms with Gasteiger partial charge in [0.15, 0.2) is 0 Å². The number of hydrogen-bond donors (Lipinski definition) is 2. The number of anilines is 2. The molecule has 1 fully saturated rings. The molecule has 2 N–H and O–H groups in total. The van der Waals surface area contributed by atoms with Crippen LogP contribution in [-0.4, -0.2) is 90.3 Å². The highest BCUT2D eigenvalue weighted by molar-refractivity contribution is 7.89. The summed E-state index contributed by atoms with van der Waals surface area (Å²) >= 11 is 0. The molecule has 0 radical (unpaired) electrons. The number of carboxylic acid groups (broad SMARTS) is 1. The second-order valence-electron chi connectivity index (χ2n) is 10.6. The van der Waals surface area contributed by atoms with Crippen LogP contribution in [0.15, 0.2) is 78.1 Å². The van der Waals surface area contributed by atoms with Gasteiger partial charge in [-0.2, -0.15) is 4.31 Å². The number of nitrogens with one attached hydrogen (secondary N) is 1. The van der Waals surface area contributed by atoms with E-state index in [1.54, 1.807) is 41.7 Å². The number of rotatable bonds is 9. The summed E-state index contributed by atoms with van der Waals surface area (Å²) in [7, 11) is -2.20. The Hall–Kier alpha value is -5.03. The molecule has 0 bridgehead atoms. The quantitative estimate of drug-likeness (QED) is 0.264. The Kier molecular flexibility index (Phi) is 11.4. The van der Waals surface area contributed by atoms with Crippen LogP contribution in [0.1, 0.15) is 19.4 Å². The van der Waals surface area contributed by atoms with Gasteiger partial charge in [0.1, 0.15) is 23.1 Å². The molecule has 1 atom stereocenters. The number of carboxylic acids is 1. The van der Waals surface area contributed by atoms with Crippen LogP contribution in [-0.2, 0) is 26.2 Å². The van der Waals surface area contributed by atoms with Crippen molar-refractivity contribution in [2.75, 3.05) is 43.0 Å². The Morgan fingerprint density at radius 1 is 1.04 bits per heavy atom. The molecule has 1 aliphatic heterocycles. The van der Waals surface area contributed by atoms with E-state index < -0.39 is 40.1 Å². The van der Waals surface area contributed by atoms with E-state index in [2.05, 4.69) is 25.0 Å². The van der Waals surface area contributed by atoms with Crippen molar-refractivity contribution < 1.29 is 41.0 Å². The number of aromatic nitrogens is 3. The third-order valence-electron chi connectivity index (χ3n) is 7.27. The maximum Gasteiger partial charge on any atom is 0.573 e. The summed E-state index contributed by atoms with van der Waals surface area (Å²) < 4.78 is 70.3. The zero-order valence-electron chi connectivity index (χ0n) is 26.3. The standard InChI is InChI=1S/C29H30F3N7O4S.C2H4O2/c1-3-37(2)21-6-10-23(11-7-21)44(41,42)39-15-14-38(27-18-34-25-17-33-13-12-24(25)36-27)19-26(39)28(40)35-16-20-4-8-22(9-5-20)43-29(30,31)32;1-2(3)4/h4-13,17-18,26H,3,14-16,19H2,1-2H3,(H,35,40);1H3,(H,3,4)/t26-;/m1./s1. The molecule has 17 heteroatoms. The van der Waals surface area contributed by atoms with Gasteiger partial charge in [-0.05, 0) is 55.0 Å². The zero-order chi connectivity index (χ0) is 35.1. The topological polar surface area (TPSA) is 158 Å². The predicted octanol–water partition coefficient (Wildman–Crippen LogP) is 3.67. The minimum absolute atomic E-state index is 0.00340. The second-order valence-corrected chi connectivity index (χ2v) is 12.5. The van der Waals surface area contributed by atoms with Crippen LogP contribution in [0, 0.1) is 0 Å². The van der Waals surface area contributed by atoms with Crippen LogP contribution < -0.4 is 19.9 Å². The van der Waals surface area contributed by atoms with Crippen molar-refractivity contribution in [3.8, 4) is 5.75 Å². The van der Waals surface area contributed by atoms with Crippen molar-refractivity contribution in [1.82, 2.24) is 24.6 Å². The van der Waals surface area contributed by atoms with Crippen LogP contribution in [0.2, 0.25) is 0 Å². The Morgan fingerprint density at radius 3 is 2.33 bits per heavy atom. The average molecular weight is 690 g/mol. The molecule has 2 aromatic carbocycles. The van der Waals surface area contributed by atoms with E-state index in [1.165, 1.54) is 28.6 Å². The summed E-state index contributed by atoms with van der Waals surface area (Å²) in [6.45, 7) is 4.00. The molecule has 13 nitrogen and oxygen atoms in total. The Bertz CT molecular complexity index is 1820. The Morgan fingerprint density at radius 2 is 1.71 bits per heavy atom. The normalized spacial score (nSPS) is 15.3. The number of benzene rings is 2. The number of piperazine rings is 1. The van der Waals surface area contributed by atoms with Gasteiger partial charge in [0, 0.05) is 58.6 Å².